The van der Waals surface area contributed by atoms with Gasteiger partial charge < -0.3 is 34.2 Å². The largest absolute Gasteiger partial charge is 0.495 e. The van der Waals surface area contributed by atoms with Crippen molar-refractivity contribution >= 4 is 35.0 Å². The first-order valence-corrected chi connectivity index (χ1v) is 18.1. The Bertz CT molecular complexity index is 1840. The highest BCUT2D eigenvalue weighted by Gasteiger charge is 2.28. The SMILES string of the molecule is CCN(CC)C(=O)Cc1ccc(N(C(=O)Oc2ccnc(Nc3ccc(OCCCN4CCN(C)CC4)c(F)c3)n2)c2c(C)cccc2C)c(OC)c1. The molecule has 2 amide bonds. The number of nitrogens with zero attached hydrogens (tertiary/aromatic N) is 6. The Morgan fingerprint density at radius 2 is 1.68 bits per heavy atom. The molecule has 2 heterocycles. The molecule has 1 aliphatic rings. The maximum Gasteiger partial charge on any atom is 0.425 e. The number of para-hydroxylation sites is 1. The number of amides is 2. The van der Waals surface area contributed by atoms with Gasteiger partial charge in [-0.15, -0.1) is 0 Å². The van der Waals surface area contributed by atoms with E-state index in [0.717, 1.165) is 55.8 Å². The van der Waals surface area contributed by atoms with Gasteiger partial charge in [0, 0.05) is 69.8 Å². The van der Waals surface area contributed by atoms with Crippen molar-refractivity contribution in [2.45, 2.75) is 40.5 Å². The molecule has 4 aromatic rings. The van der Waals surface area contributed by atoms with Gasteiger partial charge in [-0.1, -0.05) is 24.3 Å². The molecule has 1 aliphatic heterocycles. The van der Waals surface area contributed by atoms with Crippen LogP contribution in [-0.2, 0) is 11.2 Å². The smallest absolute Gasteiger partial charge is 0.425 e. The lowest BCUT2D eigenvalue weighted by Crippen LogP contribution is -2.44. The van der Waals surface area contributed by atoms with Gasteiger partial charge in [0.15, 0.2) is 11.6 Å². The van der Waals surface area contributed by atoms with E-state index in [1.807, 2.05) is 52.0 Å². The van der Waals surface area contributed by atoms with Crippen LogP contribution in [0.4, 0.5) is 32.2 Å². The van der Waals surface area contributed by atoms with Crippen LogP contribution in [0.1, 0.15) is 37.0 Å². The number of anilines is 4. The van der Waals surface area contributed by atoms with E-state index in [0.29, 0.717) is 42.5 Å². The van der Waals surface area contributed by atoms with Gasteiger partial charge in [-0.3, -0.25) is 4.79 Å². The van der Waals surface area contributed by atoms with E-state index in [4.69, 9.17) is 14.2 Å². The van der Waals surface area contributed by atoms with Gasteiger partial charge >= 0.3 is 6.09 Å². The number of carbonyl (C=O) groups is 2. The Kier molecular flexibility index (Phi) is 13.6. The van der Waals surface area contributed by atoms with E-state index in [9.17, 15) is 14.0 Å². The number of carbonyl (C=O) groups excluding carboxylic acids is 2. The fourth-order valence-electron chi connectivity index (χ4n) is 6.31. The average Bonchev–Trinajstić information content (AvgIpc) is 3.14. The van der Waals surface area contributed by atoms with Gasteiger partial charge in [-0.2, -0.15) is 4.98 Å². The minimum atomic E-state index is -0.738. The summed E-state index contributed by atoms with van der Waals surface area (Å²) in [7, 11) is 3.64. The van der Waals surface area contributed by atoms with Gasteiger partial charge in [-0.25, -0.2) is 19.1 Å². The summed E-state index contributed by atoms with van der Waals surface area (Å²) in [5.41, 5.74) is 3.86. The van der Waals surface area contributed by atoms with Crippen LogP contribution >= 0.6 is 0 Å². The maximum atomic E-state index is 15.0. The van der Waals surface area contributed by atoms with Crippen LogP contribution in [0.2, 0.25) is 0 Å². The minimum Gasteiger partial charge on any atom is -0.495 e. The standard InChI is InChI=1S/C40H50FN7O5/c1-7-47(8-2)37(49)26-30-13-15-33(35(25-30)51-6)48(38-28(3)11-9-12-29(38)4)40(50)53-36-17-18-42-39(44-36)43-31-14-16-34(32(41)27-31)52-24-10-19-46-22-20-45(5)21-23-46/h9,11-18,25,27H,7-8,10,19-24,26H2,1-6H3,(H,42,43,44). The van der Waals surface area contributed by atoms with Crippen molar-refractivity contribution in [2.24, 2.45) is 0 Å². The Hall–Kier alpha value is -5.27. The summed E-state index contributed by atoms with van der Waals surface area (Å²) >= 11 is 0. The topological polar surface area (TPSA) is 113 Å². The third-order valence-corrected chi connectivity index (χ3v) is 9.28. The summed E-state index contributed by atoms with van der Waals surface area (Å²) in [4.78, 5) is 43.5. The lowest BCUT2D eigenvalue weighted by molar-refractivity contribution is -0.130. The predicted molar refractivity (Wildman–Crippen MR) is 204 cm³/mol. The maximum absolute atomic E-state index is 15.0. The molecule has 53 heavy (non-hydrogen) atoms. The number of likely N-dealkylation sites (N-methyl/N-ethyl adjacent to an activating group) is 2. The first kappa shape index (κ1) is 38.9. The quantitative estimate of drug-likeness (QED) is 0.132. The van der Waals surface area contributed by atoms with Gasteiger partial charge in [-0.05, 0) is 82.1 Å². The first-order chi connectivity index (χ1) is 25.6. The molecule has 0 unspecified atom stereocenters. The van der Waals surface area contributed by atoms with Crippen LogP contribution in [0.25, 0.3) is 0 Å². The molecule has 282 valence electrons. The second-order valence-electron chi connectivity index (χ2n) is 13.0. The average molecular weight is 728 g/mol. The molecule has 3 aromatic carbocycles. The normalized spacial score (nSPS) is 13.3. The Morgan fingerprint density at radius 3 is 2.36 bits per heavy atom. The Balaban J connectivity index is 1.29. The van der Waals surface area contributed by atoms with Crippen LogP contribution in [0.5, 0.6) is 17.4 Å². The minimum absolute atomic E-state index is 0.00294. The molecule has 0 atom stereocenters. The number of ether oxygens (including phenoxy) is 3. The molecular formula is C40H50FN7O5. The molecule has 5 rings (SSSR count). The number of hydrogen-bond acceptors (Lipinski definition) is 10. The van der Waals surface area contributed by atoms with Crippen molar-refractivity contribution in [2.75, 3.05) is 76.8 Å². The third kappa shape index (κ3) is 10.2. The highest BCUT2D eigenvalue weighted by atomic mass is 19.1. The number of benzene rings is 3. The third-order valence-electron chi connectivity index (χ3n) is 9.28. The van der Waals surface area contributed by atoms with Gasteiger partial charge in [0.05, 0.1) is 31.5 Å². The fourth-order valence-corrected chi connectivity index (χ4v) is 6.31. The number of hydrogen-bond donors (Lipinski definition) is 1. The van der Waals surface area contributed by atoms with E-state index in [-0.39, 0.29) is 29.9 Å². The molecule has 1 fully saturated rings. The molecule has 12 nitrogen and oxygen atoms in total. The zero-order valence-corrected chi connectivity index (χ0v) is 31.5. The summed E-state index contributed by atoms with van der Waals surface area (Å²) in [6, 6.07) is 17.1. The van der Waals surface area contributed by atoms with Crippen LogP contribution in [0.3, 0.4) is 0 Å². The number of rotatable bonds is 15. The second-order valence-corrected chi connectivity index (χ2v) is 13.0. The molecule has 0 bridgehead atoms. The summed E-state index contributed by atoms with van der Waals surface area (Å²) < 4.78 is 32.4. The van der Waals surface area contributed by atoms with Crippen molar-refractivity contribution < 1.29 is 28.2 Å². The molecule has 0 aliphatic carbocycles. The zero-order valence-electron chi connectivity index (χ0n) is 31.5. The molecule has 0 spiro atoms. The van der Waals surface area contributed by atoms with Crippen LogP contribution in [0.15, 0.2) is 66.9 Å². The fraction of sp³-hybridized carbons (Fsp3) is 0.400. The summed E-state index contributed by atoms with van der Waals surface area (Å²) in [6.07, 6.45) is 1.70. The number of aryl methyl sites for hydroxylation is 2. The van der Waals surface area contributed by atoms with Crippen molar-refractivity contribution in [3.63, 3.8) is 0 Å². The molecule has 0 saturated carbocycles. The molecule has 1 saturated heterocycles. The van der Waals surface area contributed by atoms with E-state index in [1.165, 1.54) is 30.3 Å². The van der Waals surface area contributed by atoms with E-state index >= 15 is 0 Å². The lowest BCUT2D eigenvalue weighted by atomic mass is 10.1. The molecule has 1 N–H and O–H groups in total. The monoisotopic (exact) mass is 727 g/mol. The second kappa shape index (κ2) is 18.5. The Morgan fingerprint density at radius 1 is 0.943 bits per heavy atom. The predicted octanol–water partition coefficient (Wildman–Crippen LogP) is 6.75. The first-order valence-electron chi connectivity index (χ1n) is 18.1. The summed E-state index contributed by atoms with van der Waals surface area (Å²) in [5.74, 6) is 0.132. The highest BCUT2D eigenvalue weighted by molar-refractivity contribution is 6.00. The van der Waals surface area contributed by atoms with Gasteiger partial charge in [0.2, 0.25) is 17.7 Å². The van der Waals surface area contributed by atoms with Crippen LogP contribution in [0, 0.1) is 19.7 Å². The zero-order chi connectivity index (χ0) is 37.9. The van der Waals surface area contributed by atoms with Crippen molar-refractivity contribution in [1.82, 2.24) is 24.7 Å². The molecule has 1 aromatic heterocycles. The van der Waals surface area contributed by atoms with E-state index < -0.39 is 11.9 Å². The van der Waals surface area contributed by atoms with Crippen molar-refractivity contribution in [3.05, 3.63) is 89.4 Å². The highest BCUT2D eigenvalue weighted by Crippen LogP contribution is 2.39. The van der Waals surface area contributed by atoms with Crippen molar-refractivity contribution in [1.29, 1.82) is 0 Å². The molecule has 0 radical (unpaired) electrons. The van der Waals surface area contributed by atoms with Crippen LogP contribution < -0.4 is 24.4 Å². The van der Waals surface area contributed by atoms with Crippen LogP contribution in [-0.4, -0.2) is 103 Å². The summed E-state index contributed by atoms with van der Waals surface area (Å²) in [6.45, 7) is 14.4. The number of methoxy groups -OCH3 is 1. The van der Waals surface area contributed by atoms with Gasteiger partial charge in [0.1, 0.15) is 5.75 Å². The number of piperazine rings is 1. The van der Waals surface area contributed by atoms with Gasteiger partial charge in [0.25, 0.3) is 0 Å². The number of nitrogens with one attached hydrogen (secondary N) is 1. The summed E-state index contributed by atoms with van der Waals surface area (Å²) in [5, 5.41) is 2.98. The number of aromatic nitrogens is 2. The molecular weight excluding hydrogens is 677 g/mol. The van der Waals surface area contributed by atoms with Crippen molar-refractivity contribution in [3.8, 4) is 17.4 Å². The lowest BCUT2D eigenvalue weighted by Gasteiger charge is -2.32. The molecule has 13 heteroatoms. The van der Waals surface area contributed by atoms with E-state index in [2.05, 4.69) is 32.1 Å². The Labute approximate surface area is 311 Å². The van der Waals surface area contributed by atoms with E-state index in [1.54, 1.807) is 29.2 Å². The number of halogens is 1.